The second-order valence-electron chi connectivity index (χ2n) is 7.31. The SMILES string of the molecule is O=C(NCc1ccc(Cl)cc1)C(NCc1ccc(Cl)cc1Cl)c1ccccc1.O=C(O)C=CC(=O)O. The number of benzene rings is 3. The first kappa shape index (κ1) is 28.9. The summed E-state index contributed by atoms with van der Waals surface area (Å²) in [5, 5.41) is 23.7. The zero-order valence-electron chi connectivity index (χ0n) is 18.8. The van der Waals surface area contributed by atoms with Crippen molar-refractivity contribution in [2.45, 2.75) is 19.1 Å². The van der Waals surface area contributed by atoms with Gasteiger partial charge in [-0.2, -0.15) is 0 Å². The molecule has 3 rings (SSSR count). The maximum Gasteiger partial charge on any atom is 0.328 e. The Labute approximate surface area is 223 Å². The number of rotatable bonds is 9. The maximum absolute atomic E-state index is 12.9. The third-order valence-corrected chi connectivity index (χ3v) is 5.49. The third kappa shape index (κ3) is 10.5. The van der Waals surface area contributed by atoms with Gasteiger partial charge in [0, 0.05) is 40.3 Å². The summed E-state index contributed by atoms with van der Waals surface area (Å²) in [6.45, 7) is 0.854. The van der Waals surface area contributed by atoms with Gasteiger partial charge in [-0.15, -0.1) is 0 Å². The van der Waals surface area contributed by atoms with Crippen molar-refractivity contribution in [2.75, 3.05) is 0 Å². The number of carbonyl (C=O) groups excluding carboxylic acids is 1. The molecule has 0 spiro atoms. The monoisotopic (exact) mass is 548 g/mol. The zero-order chi connectivity index (χ0) is 26.5. The van der Waals surface area contributed by atoms with Crippen LogP contribution in [0, 0.1) is 0 Å². The number of carboxylic acids is 2. The molecule has 0 saturated heterocycles. The summed E-state index contributed by atoms with van der Waals surface area (Å²) in [4.78, 5) is 32.0. The van der Waals surface area contributed by atoms with Gasteiger partial charge >= 0.3 is 11.9 Å². The van der Waals surface area contributed by atoms with E-state index in [9.17, 15) is 14.4 Å². The van der Waals surface area contributed by atoms with Crippen LogP contribution in [0.3, 0.4) is 0 Å². The van der Waals surface area contributed by atoms with Gasteiger partial charge in [-0.25, -0.2) is 9.59 Å². The third-order valence-electron chi connectivity index (χ3n) is 4.66. The van der Waals surface area contributed by atoms with Crippen LogP contribution in [-0.2, 0) is 27.5 Å². The first-order valence-electron chi connectivity index (χ1n) is 10.5. The van der Waals surface area contributed by atoms with Gasteiger partial charge in [0.2, 0.25) is 5.91 Å². The lowest BCUT2D eigenvalue weighted by atomic mass is 10.1. The van der Waals surface area contributed by atoms with Crippen LogP contribution in [0.5, 0.6) is 0 Å². The molecule has 36 heavy (non-hydrogen) atoms. The van der Waals surface area contributed by atoms with Crippen LogP contribution < -0.4 is 10.6 Å². The Bertz CT molecular complexity index is 1190. The van der Waals surface area contributed by atoms with Crippen LogP contribution in [0.1, 0.15) is 22.7 Å². The van der Waals surface area contributed by atoms with Crippen LogP contribution in [0.4, 0.5) is 0 Å². The fourth-order valence-electron chi connectivity index (χ4n) is 2.92. The summed E-state index contributed by atoms with van der Waals surface area (Å²) in [6, 6.07) is 21.8. The highest BCUT2D eigenvalue weighted by atomic mass is 35.5. The van der Waals surface area contributed by atoms with Crippen molar-refractivity contribution in [1.29, 1.82) is 0 Å². The van der Waals surface area contributed by atoms with Crippen LogP contribution in [0.15, 0.2) is 84.9 Å². The fourth-order valence-corrected chi connectivity index (χ4v) is 3.52. The lowest BCUT2D eigenvalue weighted by Gasteiger charge is -2.19. The summed E-state index contributed by atoms with van der Waals surface area (Å²) in [5.41, 5.74) is 2.73. The molecule has 1 atom stereocenters. The number of carbonyl (C=O) groups is 3. The summed E-state index contributed by atoms with van der Waals surface area (Å²) >= 11 is 18.1. The minimum atomic E-state index is -1.26. The highest BCUT2D eigenvalue weighted by molar-refractivity contribution is 6.35. The molecule has 3 aromatic rings. The van der Waals surface area contributed by atoms with E-state index in [2.05, 4.69) is 10.6 Å². The Morgan fingerprint density at radius 2 is 1.36 bits per heavy atom. The molecule has 1 unspecified atom stereocenters. The molecule has 7 nitrogen and oxygen atoms in total. The summed E-state index contributed by atoms with van der Waals surface area (Å²) in [5.74, 6) is -2.63. The van der Waals surface area contributed by atoms with Gasteiger partial charge < -0.3 is 15.5 Å². The molecular weight excluding hydrogens is 527 g/mol. The van der Waals surface area contributed by atoms with E-state index in [1.165, 1.54) is 0 Å². The maximum atomic E-state index is 12.9. The number of hydrogen-bond acceptors (Lipinski definition) is 4. The van der Waals surface area contributed by atoms with Gasteiger partial charge in [-0.3, -0.25) is 10.1 Å². The quantitative estimate of drug-likeness (QED) is 0.262. The first-order valence-corrected chi connectivity index (χ1v) is 11.7. The van der Waals surface area contributed by atoms with Crippen LogP contribution >= 0.6 is 34.8 Å². The van der Waals surface area contributed by atoms with Gasteiger partial charge in [0.1, 0.15) is 6.04 Å². The fraction of sp³-hybridized carbons (Fsp3) is 0.115. The predicted octanol–water partition coefficient (Wildman–Crippen LogP) is 5.51. The summed E-state index contributed by atoms with van der Waals surface area (Å²) < 4.78 is 0. The molecule has 0 aromatic heterocycles. The molecule has 188 valence electrons. The van der Waals surface area contributed by atoms with E-state index in [0.717, 1.165) is 16.7 Å². The minimum absolute atomic E-state index is 0.119. The Kier molecular flexibility index (Phi) is 12.0. The smallest absolute Gasteiger partial charge is 0.328 e. The van der Waals surface area contributed by atoms with E-state index >= 15 is 0 Å². The molecule has 0 bridgehead atoms. The van der Waals surface area contributed by atoms with E-state index in [4.69, 9.17) is 45.0 Å². The number of hydrogen-bond donors (Lipinski definition) is 4. The minimum Gasteiger partial charge on any atom is -0.478 e. The van der Waals surface area contributed by atoms with Crippen molar-refractivity contribution in [3.8, 4) is 0 Å². The lowest BCUT2D eigenvalue weighted by Crippen LogP contribution is -2.37. The van der Waals surface area contributed by atoms with Crippen molar-refractivity contribution in [2.24, 2.45) is 0 Å². The van der Waals surface area contributed by atoms with Gasteiger partial charge in [0.15, 0.2) is 0 Å². The molecule has 10 heteroatoms. The van der Waals surface area contributed by atoms with E-state index < -0.39 is 18.0 Å². The molecule has 1 amide bonds. The van der Waals surface area contributed by atoms with E-state index in [1.54, 1.807) is 24.3 Å². The average molecular weight is 550 g/mol. The number of carboxylic acid groups (broad SMARTS) is 2. The Balaban J connectivity index is 0.000000493. The van der Waals surface area contributed by atoms with Gasteiger partial charge in [0.05, 0.1) is 0 Å². The number of amides is 1. The van der Waals surface area contributed by atoms with Crippen molar-refractivity contribution < 1.29 is 24.6 Å². The number of halogens is 3. The number of nitrogens with one attached hydrogen (secondary N) is 2. The topological polar surface area (TPSA) is 116 Å². The molecule has 0 radical (unpaired) electrons. The molecule has 0 aliphatic rings. The van der Waals surface area contributed by atoms with E-state index in [-0.39, 0.29) is 5.91 Å². The molecule has 4 N–H and O–H groups in total. The second-order valence-corrected chi connectivity index (χ2v) is 8.59. The average Bonchev–Trinajstić information content (AvgIpc) is 2.85. The predicted molar refractivity (Wildman–Crippen MR) is 140 cm³/mol. The normalized spacial score (nSPS) is 11.3. The summed E-state index contributed by atoms with van der Waals surface area (Å²) in [6.07, 6.45) is 1.12. The van der Waals surface area contributed by atoms with Gasteiger partial charge in [-0.05, 0) is 41.0 Å². The molecule has 0 saturated carbocycles. The van der Waals surface area contributed by atoms with Crippen LogP contribution in [-0.4, -0.2) is 28.1 Å². The van der Waals surface area contributed by atoms with E-state index in [0.29, 0.717) is 40.3 Å². The van der Waals surface area contributed by atoms with Gasteiger partial charge in [-0.1, -0.05) is 83.3 Å². The van der Waals surface area contributed by atoms with Crippen LogP contribution in [0.25, 0.3) is 0 Å². The van der Waals surface area contributed by atoms with Crippen molar-refractivity contribution in [1.82, 2.24) is 10.6 Å². The lowest BCUT2D eigenvalue weighted by molar-refractivity contribution is -0.134. The standard InChI is InChI=1S/C22H19Cl3N2O.C4H4O4/c23-18-9-6-15(7-10-18)13-27-22(28)21(16-4-2-1-3-5-16)26-14-17-8-11-19(24)12-20(17)25;5-3(6)1-2-4(7)8/h1-12,21,26H,13-14H2,(H,27,28);1-2H,(H,5,6)(H,7,8). The number of aliphatic carboxylic acids is 2. The van der Waals surface area contributed by atoms with Crippen molar-refractivity contribution >= 4 is 52.6 Å². The Hall–Kier alpha value is -3.36. The first-order chi connectivity index (χ1) is 17.2. The zero-order valence-corrected chi connectivity index (χ0v) is 21.1. The van der Waals surface area contributed by atoms with Crippen LogP contribution in [0.2, 0.25) is 15.1 Å². The Morgan fingerprint density at radius 1 is 0.778 bits per heavy atom. The molecular formula is C26H23Cl3N2O5. The summed E-state index contributed by atoms with van der Waals surface area (Å²) in [7, 11) is 0. The molecule has 3 aromatic carbocycles. The molecule has 0 aliphatic carbocycles. The second kappa shape index (κ2) is 14.9. The van der Waals surface area contributed by atoms with Crippen molar-refractivity contribution in [3.63, 3.8) is 0 Å². The molecule has 0 heterocycles. The largest absolute Gasteiger partial charge is 0.478 e. The van der Waals surface area contributed by atoms with E-state index in [1.807, 2.05) is 48.5 Å². The molecule has 0 fully saturated rings. The van der Waals surface area contributed by atoms with Gasteiger partial charge in [0.25, 0.3) is 0 Å². The Morgan fingerprint density at radius 3 is 1.92 bits per heavy atom. The molecule has 0 aliphatic heterocycles. The highest BCUT2D eigenvalue weighted by Crippen LogP contribution is 2.22. The van der Waals surface area contributed by atoms with Crippen molar-refractivity contribution in [3.05, 3.63) is 117 Å². The highest BCUT2D eigenvalue weighted by Gasteiger charge is 2.20.